The van der Waals surface area contributed by atoms with Gasteiger partial charge in [-0.3, -0.25) is 0 Å². The van der Waals surface area contributed by atoms with Gasteiger partial charge in [0.2, 0.25) is 0 Å². The van der Waals surface area contributed by atoms with E-state index in [1.807, 2.05) is 0 Å². The molecule has 4 nitrogen and oxygen atoms in total. The maximum absolute atomic E-state index is 8.59. The molecule has 0 fully saturated rings. The summed E-state index contributed by atoms with van der Waals surface area (Å²) in [4.78, 5) is 0. The van der Waals surface area contributed by atoms with E-state index in [-0.39, 0.29) is 59.6 Å². The fourth-order valence-electron chi connectivity index (χ4n) is 0. The summed E-state index contributed by atoms with van der Waals surface area (Å²) >= 11 is -5.75. The second-order valence-electron chi connectivity index (χ2n) is 0.408. The summed E-state index contributed by atoms with van der Waals surface area (Å²) < 4.78 is 34.4. The Morgan fingerprint density at radius 3 is 1.33 bits per heavy atom. The molecule has 6 heavy (non-hydrogen) atoms. The Balaban J connectivity index is -0.0000000800. The Labute approximate surface area is 87.1 Å². The van der Waals surface area contributed by atoms with Crippen molar-refractivity contribution in [1.82, 2.24) is 0 Å². The third-order valence-corrected chi connectivity index (χ3v) is 0. The van der Waals surface area contributed by atoms with Crippen LogP contribution in [0.15, 0.2) is 0 Å². The number of hydrogen-bond acceptors (Lipinski definition) is 4. The molecule has 0 aliphatic rings. The summed E-state index contributed by atoms with van der Waals surface area (Å²) in [5.41, 5.74) is 0. The summed E-state index contributed by atoms with van der Waals surface area (Å²) in [5.74, 6) is 0. The van der Waals surface area contributed by atoms with Crippen molar-refractivity contribution < 1.29 is 75.7 Å². The smallest absolute Gasteiger partial charge is 1.00 e. The normalized spacial score (nSPS) is 9.67. The van der Waals surface area contributed by atoms with Gasteiger partial charge in [0, 0.05) is 0 Å². The van der Waals surface area contributed by atoms with Crippen molar-refractivity contribution in [1.29, 1.82) is 0 Å². The third kappa shape index (κ3) is 40.3. The Morgan fingerprint density at radius 1 is 1.33 bits per heavy atom. The zero-order valence-corrected chi connectivity index (χ0v) is 9.67. The van der Waals surface area contributed by atoms with Crippen LogP contribution in [-0.4, -0.2) is 13.4 Å². The molecule has 0 aromatic rings. The van der Waals surface area contributed by atoms with Crippen LogP contribution in [0.25, 0.3) is 0 Å². The zero-order valence-electron chi connectivity index (χ0n) is 4.04. The van der Waals surface area contributed by atoms with Gasteiger partial charge in [0.25, 0.3) is 0 Å². The fraction of sp³-hybridized carbons (Fsp3) is 0. The van der Waals surface area contributed by atoms with Gasteiger partial charge in [-0.2, -0.15) is 0 Å². The van der Waals surface area contributed by atoms with Crippen LogP contribution in [0.1, 0.15) is 1.43 Å². The van der Waals surface area contributed by atoms with Crippen molar-refractivity contribution >= 4 is 13.4 Å². The SMILES string of the molecule is O=[Se](=O)([O-])[O-].[H+].[Rb+]. The van der Waals surface area contributed by atoms with E-state index in [4.69, 9.17) is 16.0 Å². The molecule has 0 aliphatic heterocycles. The van der Waals surface area contributed by atoms with Crippen LogP contribution in [0.3, 0.4) is 0 Å². The van der Waals surface area contributed by atoms with E-state index in [1.165, 1.54) is 0 Å². The van der Waals surface area contributed by atoms with Gasteiger partial charge >= 0.3 is 89.0 Å². The van der Waals surface area contributed by atoms with E-state index in [2.05, 4.69) is 0 Å². The van der Waals surface area contributed by atoms with Gasteiger partial charge in [-0.1, -0.05) is 0 Å². The molecule has 0 aromatic heterocycles. The van der Waals surface area contributed by atoms with Gasteiger partial charge in [0.05, 0.1) is 0 Å². The molecule has 0 atom stereocenters. The molecule has 0 unspecified atom stereocenters. The Kier molecular flexibility index (Phi) is 6.81. The van der Waals surface area contributed by atoms with Crippen LogP contribution in [0.4, 0.5) is 0 Å². The molecular formula is HO4RbSe. The Hall–Kier alpha value is 1.84. The predicted molar refractivity (Wildman–Crippen MR) is 8.24 cm³/mol. The maximum Gasteiger partial charge on any atom is 1.00 e. The molecule has 32 valence electrons. The zero-order chi connectivity index (χ0) is 4.50. The molecule has 0 aliphatic carbocycles. The first-order chi connectivity index (χ1) is 2.00. The molecule has 0 rings (SSSR count). The predicted octanol–water partition coefficient (Wildman–Crippen LogP) is -5.88. The van der Waals surface area contributed by atoms with E-state index >= 15 is 0 Å². The van der Waals surface area contributed by atoms with Crippen molar-refractivity contribution in [3.63, 3.8) is 0 Å². The van der Waals surface area contributed by atoms with Gasteiger partial charge in [-0.25, -0.2) is 0 Å². The summed E-state index contributed by atoms with van der Waals surface area (Å²) in [5, 5.41) is 0. The summed E-state index contributed by atoms with van der Waals surface area (Å²) in [6.07, 6.45) is 0. The van der Waals surface area contributed by atoms with Crippen LogP contribution in [0.5, 0.6) is 0 Å². The maximum atomic E-state index is 8.59. The van der Waals surface area contributed by atoms with Crippen LogP contribution >= 0.6 is 0 Å². The standard InChI is InChI=1S/H2O4Se.Rb/c1-5(2,3)4;/h(H2,1,2,3,4);/q;+1/p-1. The monoisotopic (exact) mass is 230 g/mol. The van der Waals surface area contributed by atoms with Crippen molar-refractivity contribution in [2.24, 2.45) is 0 Å². The summed E-state index contributed by atoms with van der Waals surface area (Å²) in [6.45, 7) is 0. The van der Waals surface area contributed by atoms with Crippen molar-refractivity contribution in [2.75, 3.05) is 0 Å². The van der Waals surface area contributed by atoms with E-state index in [0.717, 1.165) is 0 Å². The summed E-state index contributed by atoms with van der Waals surface area (Å²) in [6, 6.07) is 0. The third-order valence-electron chi connectivity index (χ3n) is 0. The van der Waals surface area contributed by atoms with E-state index < -0.39 is 13.4 Å². The number of rotatable bonds is 0. The van der Waals surface area contributed by atoms with Crippen molar-refractivity contribution in [3.8, 4) is 0 Å². The molecule has 0 N–H and O–H groups in total. The minimum atomic E-state index is -5.75. The Bertz CT molecular complexity index is 94.9. The topological polar surface area (TPSA) is 80.3 Å². The molecule has 0 saturated carbocycles. The summed E-state index contributed by atoms with van der Waals surface area (Å²) in [7, 11) is 0. The minimum Gasteiger partial charge on any atom is 1.00 e. The molecule has 0 spiro atoms. The molecule has 0 radical (unpaired) electrons. The second-order valence-corrected chi connectivity index (χ2v) is 2.12. The second kappa shape index (κ2) is 3.80. The minimum absolute atomic E-state index is 0. The van der Waals surface area contributed by atoms with Crippen LogP contribution in [-0.2, 0) is 7.67 Å². The Morgan fingerprint density at radius 2 is 1.33 bits per heavy atom. The molecule has 0 bridgehead atoms. The number of hydrogen-bond donors (Lipinski definition) is 0. The first-order valence-electron chi connectivity index (χ1n) is 0.667. The van der Waals surface area contributed by atoms with Gasteiger partial charge in [-0.15, -0.1) is 0 Å². The quantitative estimate of drug-likeness (QED) is 0.388. The average molecular weight is 229 g/mol. The first kappa shape index (κ1) is 10.8. The average Bonchev–Trinajstić information content (AvgIpc) is 0.722. The van der Waals surface area contributed by atoms with Gasteiger partial charge < -0.3 is 0 Å². The van der Waals surface area contributed by atoms with E-state index in [9.17, 15) is 0 Å². The van der Waals surface area contributed by atoms with Crippen LogP contribution in [0.2, 0.25) is 0 Å². The molecule has 6 heteroatoms. The fourth-order valence-corrected chi connectivity index (χ4v) is 0. The molecule has 0 aromatic carbocycles. The van der Waals surface area contributed by atoms with E-state index in [1.54, 1.807) is 0 Å². The molecule has 0 amide bonds. The largest absolute Gasteiger partial charge is 1.00 e. The van der Waals surface area contributed by atoms with Gasteiger partial charge in [0.15, 0.2) is 0 Å². The van der Waals surface area contributed by atoms with Gasteiger partial charge in [-0.05, 0) is 0 Å². The van der Waals surface area contributed by atoms with Gasteiger partial charge in [0.1, 0.15) is 0 Å². The van der Waals surface area contributed by atoms with Crippen LogP contribution < -0.4 is 66.6 Å². The van der Waals surface area contributed by atoms with Crippen molar-refractivity contribution in [3.05, 3.63) is 0 Å². The first-order valence-corrected chi connectivity index (χ1v) is 3.46. The molecule has 0 heterocycles. The van der Waals surface area contributed by atoms with Crippen LogP contribution in [0, 0.1) is 0 Å². The van der Waals surface area contributed by atoms with E-state index in [0.29, 0.717) is 0 Å². The van der Waals surface area contributed by atoms with Crippen molar-refractivity contribution in [2.45, 2.75) is 0 Å². The molecule has 0 saturated heterocycles. The molecular weight excluding hydrogens is 228 g/mol.